The van der Waals surface area contributed by atoms with Crippen LogP contribution in [0.15, 0.2) is 114 Å². The van der Waals surface area contributed by atoms with Crippen LogP contribution in [-0.4, -0.2) is 6.34 Å². The predicted molar refractivity (Wildman–Crippen MR) is 160 cm³/mol. The van der Waals surface area contributed by atoms with Crippen molar-refractivity contribution in [2.24, 2.45) is 4.99 Å². The van der Waals surface area contributed by atoms with Crippen molar-refractivity contribution in [1.29, 1.82) is 0 Å². The minimum Gasteiger partial charge on any atom is -0.302 e. The number of hydrogen-bond donors (Lipinski definition) is 0. The van der Waals surface area contributed by atoms with Crippen molar-refractivity contribution in [1.82, 2.24) is 0 Å². The lowest BCUT2D eigenvalue weighted by Gasteiger charge is -2.31. The molecule has 0 amide bonds. The van der Waals surface area contributed by atoms with Gasteiger partial charge in [-0.1, -0.05) is 126 Å². The van der Waals surface area contributed by atoms with E-state index in [-0.39, 0.29) is 10.8 Å². The minimum absolute atomic E-state index is 0.107. The van der Waals surface area contributed by atoms with Crippen LogP contribution in [0.3, 0.4) is 0 Å². The third-order valence-electron chi connectivity index (χ3n) is 6.26. The molecular formula is C33H37N2P. The van der Waals surface area contributed by atoms with E-state index in [1.807, 2.05) is 6.34 Å². The predicted octanol–water partition coefficient (Wildman–Crippen LogP) is 8.50. The van der Waals surface area contributed by atoms with Gasteiger partial charge in [0.2, 0.25) is 0 Å². The molecule has 0 radical (unpaired) electrons. The highest BCUT2D eigenvalue weighted by Crippen LogP contribution is 2.42. The highest BCUT2D eigenvalue weighted by Gasteiger charge is 2.23. The van der Waals surface area contributed by atoms with Gasteiger partial charge in [-0.3, -0.25) is 0 Å². The van der Waals surface area contributed by atoms with Crippen LogP contribution < -0.4 is 15.3 Å². The Labute approximate surface area is 218 Å². The summed E-state index contributed by atoms with van der Waals surface area (Å²) in [6.07, 6.45) is 2.02. The van der Waals surface area contributed by atoms with Gasteiger partial charge in [-0.2, -0.15) is 0 Å². The zero-order valence-electron chi connectivity index (χ0n) is 22.3. The average molecular weight is 493 g/mol. The van der Waals surface area contributed by atoms with E-state index in [2.05, 4.69) is 155 Å². The fourth-order valence-electron chi connectivity index (χ4n) is 4.05. The number of rotatable bonds is 6. The molecule has 4 rings (SSSR count). The highest BCUT2D eigenvalue weighted by atomic mass is 31.1. The number of aliphatic imine (C=N–C) groups is 1. The molecule has 4 aromatic rings. The van der Waals surface area contributed by atoms with Gasteiger partial charge in [-0.05, 0) is 46.2 Å². The summed E-state index contributed by atoms with van der Waals surface area (Å²) in [6.45, 7) is 13.5. The van der Waals surface area contributed by atoms with Gasteiger partial charge in [-0.25, -0.2) is 4.99 Å². The Bertz CT molecular complexity index is 1220. The summed E-state index contributed by atoms with van der Waals surface area (Å²) < 4.78 is 2.35. The summed E-state index contributed by atoms with van der Waals surface area (Å²) >= 11 is 0. The monoisotopic (exact) mass is 492 g/mol. The lowest BCUT2D eigenvalue weighted by atomic mass is 9.87. The molecule has 3 heteroatoms. The van der Waals surface area contributed by atoms with E-state index in [0.29, 0.717) is 0 Å². The number of benzene rings is 4. The molecule has 2 nitrogen and oxygen atoms in total. The molecule has 0 aliphatic rings. The summed E-state index contributed by atoms with van der Waals surface area (Å²) in [6, 6.07) is 39.1. The highest BCUT2D eigenvalue weighted by molar-refractivity contribution is 7.75. The maximum absolute atomic E-state index is 4.97. The van der Waals surface area contributed by atoms with Crippen molar-refractivity contribution in [3.63, 3.8) is 0 Å². The zero-order valence-corrected chi connectivity index (χ0v) is 23.2. The SMILES string of the molecule is CC(C)(C)c1ccc(N=CN(c2ccc(C(C)(C)C)cc2)P(c2ccccc2)c2ccccc2)cc1. The molecule has 0 aromatic heterocycles. The Kier molecular flexibility index (Phi) is 7.76. The molecular weight excluding hydrogens is 455 g/mol. The summed E-state index contributed by atoms with van der Waals surface area (Å²) in [7, 11) is -0.865. The smallest absolute Gasteiger partial charge is 0.0995 e. The summed E-state index contributed by atoms with van der Waals surface area (Å²) in [5.41, 5.74) is 4.96. The largest absolute Gasteiger partial charge is 0.302 e. The quantitative estimate of drug-likeness (QED) is 0.150. The number of nitrogens with zero attached hydrogens (tertiary/aromatic N) is 2. The van der Waals surface area contributed by atoms with Crippen LogP contribution in [0.1, 0.15) is 52.7 Å². The van der Waals surface area contributed by atoms with Crippen LogP contribution in [-0.2, 0) is 10.8 Å². The second-order valence-corrected chi connectivity index (χ2v) is 13.3. The normalized spacial score (nSPS) is 12.3. The fraction of sp³-hybridized carbons (Fsp3) is 0.242. The van der Waals surface area contributed by atoms with Crippen molar-refractivity contribution >= 4 is 36.4 Å². The fourth-order valence-corrected chi connectivity index (χ4v) is 6.28. The van der Waals surface area contributed by atoms with Crippen molar-refractivity contribution < 1.29 is 0 Å². The molecule has 184 valence electrons. The Balaban J connectivity index is 1.80. The van der Waals surface area contributed by atoms with Gasteiger partial charge in [0.05, 0.1) is 20.1 Å². The van der Waals surface area contributed by atoms with E-state index in [1.54, 1.807) is 0 Å². The molecule has 0 N–H and O–H groups in total. The summed E-state index contributed by atoms with van der Waals surface area (Å²) in [4.78, 5) is 4.97. The van der Waals surface area contributed by atoms with Crippen LogP contribution in [0.25, 0.3) is 0 Å². The molecule has 0 saturated carbocycles. The van der Waals surface area contributed by atoms with Gasteiger partial charge < -0.3 is 4.67 Å². The third-order valence-corrected chi connectivity index (χ3v) is 8.60. The van der Waals surface area contributed by atoms with Gasteiger partial charge in [0.15, 0.2) is 0 Å². The van der Waals surface area contributed by atoms with Crippen molar-refractivity contribution in [3.8, 4) is 0 Å². The molecule has 0 bridgehead atoms. The first kappa shape index (κ1) is 25.9. The van der Waals surface area contributed by atoms with Crippen LogP contribution in [0.2, 0.25) is 0 Å². The zero-order chi connectivity index (χ0) is 25.8. The Morgan fingerprint density at radius 1 is 0.556 bits per heavy atom. The molecule has 0 heterocycles. The average Bonchev–Trinajstić information content (AvgIpc) is 2.87. The summed E-state index contributed by atoms with van der Waals surface area (Å²) in [5, 5.41) is 2.57. The molecule has 0 fully saturated rings. The van der Waals surface area contributed by atoms with Gasteiger partial charge in [0, 0.05) is 16.3 Å². The molecule has 0 aliphatic carbocycles. The van der Waals surface area contributed by atoms with Crippen LogP contribution in [0.5, 0.6) is 0 Å². The second-order valence-electron chi connectivity index (χ2n) is 11.2. The first-order valence-electron chi connectivity index (χ1n) is 12.6. The van der Waals surface area contributed by atoms with Crippen LogP contribution >= 0.6 is 8.07 Å². The number of anilines is 1. The number of hydrogen-bond acceptors (Lipinski definition) is 1. The van der Waals surface area contributed by atoms with Crippen LogP contribution in [0.4, 0.5) is 11.4 Å². The summed E-state index contributed by atoms with van der Waals surface area (Å²) in [5.74, 6) is 0. The molecule has 4 aromatic carbocycles. The van der Waals surface area contributed by atoms with Gasteiger partial charge in [0.25, 0.3) is 0 Å². The van der Waals surface area contributed by atoms with E-state index >= 15 is 0 Å². The Hall–Kier alpha value is -3.22. The van der Waals surface area contributed by atoms with E-state index in [1.165, 1.54) is 21.7 Å². The van der Waals surface area contributed by atoms with E-state index in [0.717, 1.165) is 11.4 Å². The second kappa shape index (κ2) is 10.8. The Morgan fingerprint density at radius 2 is 0.972 bits per heavy atom. The maximum Gasteiger partial charge on any atom is 0.0995 e. The van der Waals surface area contributed by atoms with E-state index < -0.39 is 8.07 Å². The molecule has 0 aliphatic heterocycles. The van der Waals surface area contributed by atoms with Gasteiger partial charge >= 0.3 is 0 Å². The van der Waals surface area contributed by atoms with Gasteiger partial charge in [0.1, 0.15) is 0 Å². The van der Waals surface area contributed by atoms with Gasteiger partial charge in [-0.15, -0.1) is 0 Å². The van der Waals surface area contributed by atoms with E-state index in [9.17, 15) is 0 Å². The molecule has 0 atom stereocenters. The third kappa shape index (κ3) is 6.31. The first-order chi connectivity index (χ1) is 17.1. The Morgan fingerprint density at radius 3 is 1.39 bits per heavy atom. The van der Waals surface area contributed by atoms with Crippen LogP contribution in [0, 0.1) is 0 Å². The van der Waals surface area contributed by atoms with Crippen molar-refractivity contribution in [2.75, 3.05) is 4.67 Å². The van der Waals surface area contributed by atoms with E-state index in [4.69, 9.17) is 4.99 Å². The first-order valence-corrected chi connectivity index (χ1v) is 13.9. The minimum atomic E-state index is -0.865. The molecule has 36 heavy (non-hydrogen) atoms. The molecule has 0 saturated heterocycles. The topological polar surface area (TPSA) is 15.6 Å². The van der Waals surface area contributed by atoms with Crippen molar-refractivity contribution in [2.45, 2.75) is 52.4 Å². The lowest BCUT2D eigenvalue weighted by Crippen LogP contribution is -2.27. The molecule has 0 unspecified atom stereocenters. The maximum atomic E-state index is 4.97. The lowest BCUT2D eigenvalue weighted by molar-refractivity contribution is 0.590. The molecule has 0 spiro atoms. The van der Waals surface area contributed by atoms with Crippen molar-refractivity contribution in [3.05, 3.63) is 120 Å². The standard InChI is InChI=1S/C33H37N2P/c1-32(2,3)26-17-21-28(22-18-26)34-25-35(29-23-19-27(20-24-29)33(4,5)6)36(30-13-9-7-10-14-30)31-15-11-8-12-16-31/h7-25H,1-6H3.